The molecule has 2 aromatic carbocycles. The highest BCUT2D eigenvalue weighted by atomic mass is 79.9. The Morgan fingerprint density at radius 3 is 2.34 bits per heavy atom. The van der Waals surface area contributed by atoms with Crippen LogP contribution in [0.15, 0.2) is 53.0 Å². The molecule has 1 heterocycles. The molecule has 1 saturated heterocycles. The SMILES string of the molecule is O=C(CCCNC(=O)C1(c2ccc(Br)cc2)CCOCC1)Nc1ccc(Cl)cc1. The van der Waals surface area contributed by atoms with Crippen LogP contribution >= 0.6 is 27.5 Å². The fraction of sp³-hybridized carbons (Fsp3) is 0.364. The summed E-state index contributed by atoms with van der Waals surface area (Å²) >= 11 is 9.29. The zero-order valence-corrected chi connectivity index (χ0v) is 18.4. The number of hydrogen-bond donors (Lipinski definition) is 2. The van der Waals surface area contributed by atoms with Gasteiger partial charge in [0.25, 0.3) is 0 Å². The predicted octanol–water partition coefficient (Wildman–Crippen LogP) is 4.69. The van der Waals surface area contributed by atoms with Gasteiger partial charge in [-0.25, -0.2) is 0 Å². The molecular weight excluding hydrogens is 456 g/mol. The highest BCUT2D eigenvalue weighted by Crippen LogP contribution is 2.35. The molecule has 0 bridgehead atoms. The van der Waals surface area contributed by atoms with E-state index in [-0.39, 0.29) is 11.8 Å². The van der Waals surface area contributed by atoms with Crippen LogP contribution < -0.4 is 10.6 Å². The molecule has 1 aliphatic heterocycles. The molecule has 7 heteroatoms. The Kier molecular flexibility index (Phi) is 7.70. The van der Waals surface area contributed by atoms with E-state index in [9.17, 15) is 9.59 Å². The van der Waals surface area contributed by atoms with Crippen molar-refractivity contribution < 1.29 is 14.3 Å². The van der Waals surface area contributed by atoms with E-state index in [1.807, 2.05) is 24.3 Å². The number of amides is 2. The van der Waals surface area contributed by atoms with Crippen molar-refractivity contribution in [3.63, 3.8) is 0 Å². The molecule has 2 amide bonds. The van der Waals surface area contributed by atoms with E-state index in [1.165, 1.54) is 0 Å². The Bertz CT molecular complexity index is 834. The van der Waals surface area contributed by atoms with Gasteiger partial charge in [-0.05, 0) is 61.2 Å². The van der Waals surface area contributed by atoms with Gasteiger partial charge in [-0.3, -0.25) is 9.59 Å². The Balaban J connectivity index is 1.52. The molecule has 0 saturated carbocycles. The third kappa shape index (κ3) is 5.81. The van der Waals surface area contributed by atoms with E-state index in [0.717, 1.165) is 10.0 Å². The average Bonchev–Trinajstić information content (AvgIpc) is 2.73. The number of rotatable bonds is 7. The Morgan fingerprint density at radius 1 is 1.03 bits per heavy atom. The molecule has 5 nitrogen and oxygen atoms in total. The highest BCUT2D eigenvalue weighted by molar-refractivity contribution is 9.10. The summed E-state index contributed by atoms with van der Waals surface area (Å²) in [5.41, 5.74) is 1.13. The van der Waals surface area contributed by atoms with Gasteiger partial charge in [0.2, 0.25) is 11.8 Å². The number of benzene rings is 2. The van der Waals surface area contributed by atoms with E-state index in [0.29, 0.717) is 56.2 Å². The van der Waals surface area contributed by atoms with Crippen molar-refractivity contribution in [3.8, 4) is 0 Å². The summed E-state index contributed by atoms with van der Waals surface area (Å²) in [5, 5.41) is 6.48. The fourth-order valence-electron chi connectivity index (χ4n) is 3.51. The largest absolute Gasteiger partial charge is 0.381 e. The van der Waals surface area contributed by atoms with Crippen LogP contribution in [-0.4, -0.2) is 31.6 Å². The lowest BCUT2D eigenvalue weighted by Gasteiger charge is -2.36. The van der Waals surface area contributed by atoms with Gasteiger partial charge in [0.15, 0.2) is 0 Å². The van der Waals surface area contributed by atoms with Crippen LogP contribution in [0.1, 0.15) is 31.2 Å². The minimum atomic E-state index is -0.579. The molecule has 1 fully saturated rings. The van der Waals surface area contributed by atoms with Crippen LogP contribution in [-0.2, 0) is 19.7 Å². The minimum Gasteiger partial charge on any atom is -0.381 e. The van der Waals surface area contributed by atoms with Crippen LogP contribution in [0.2, 0.25) is 5.02 Å². The van der Waals surface area contributed by atoms with E-state index in [2.05, 4.69) is 26.6 Å². The normalized spacial score (nSPS) is 15.5. The minimum absolute atomic E-state index is 0.00114. The molecule has 3 rings (SSSR count). The quantitative estimate of drug-likeness (QED) is 0.566. The van der Waals surface area contributed by atoms with Gasteiger partial charge >= 0.3 is 0 Å². The maximum absolute atomic E-state index is 13.1. The van der Waals surface area contributed by atoms with Gasteiger partial charge in [-0.15, -0.1) is 0 Å². The lowest BCUT2D eigenvalue weighted by molar-refractivity contribution is -0.130. The Morgan fingerprint density at radius 2 is 1.69 bits per heavy atom. The van der Waals surface area contributed by atoms with Crippen LogP contribution in [0.3, 0.4) is 0 Å². The number of carbonyl (C=O) groups excluding carboxylic acids is 2. The molecule has 0 radical (unpaired) electrons. The number of ether oxygens (including phenoxy) is 1. The van der Waals surface area contributed by atoms with Gasteiger partial charge < -0.3 is 15.4 Å². The van der Waals surface area contributed by atoms with Crippen molar-refractivity contribution in [1.29, 1.82) is 0 Å². The first-order valence-corrected chi connectivity index (χ1v) is 10.8. The summed E-state index contributed by atoms with van der Waals surface area (Å²) in [6, 6.07) is 14.9. The summed E-state index contributed by atoms with van der Waals surface area (Å²) in [6.45, 7) is 1.58. The Hall–Kier alpha value is -1.89. The van der Waals surface area contributed by atoms with Crippen molar-refractivity contribution in [2.24, 2.45) is 0 Å². The van der Waals surface area contributed by atoms with Crippen LogP contribution in [0.5, 0.6) is 0 Å². The molecule has 2 N–H and O–H groups in total. The van der Waals surface area contributed by atoms with Crippen LogP contribution in [0.4, 0.5) is 5.69 Å². The van der Waals surface area contributed by atoms with Crippen molar-refractivity contribution in [2.45, 2.75) is 31.1 Å². The molecule has 2 aromatic rings. The maximum atomic E-state index is 13.1. The first kappa shape index (κ1) is 21.8. The average molecular weight is 480 g/mol. The molecule has 0 aliphatic carbocycles. The Labute approximate surface area is 184 Å². The third-order valence-electron chi connectivity index (χ3n) is 5.17. The predicted molar refractivity (Wildman–Crippen MR) is 118 cm³/mol. The number of hydrogen-bond acceptors (Lipinski definition) is 3. The monoisotopic (exact) mass is 478 g/mol. The molecular formula is C22H24BrClN2O3. The van der Waals surface area contributed by atoms with Gasteiger partial charge in [-0.1, -0.05) is 39.7 Å². The lowest BCUT2D eigenvalue weighted by atomic mass is 9.73. The van der Waals surface area contributed by atoms with Crippen molar-refractivity contribution in [2.75, 3.05) is 25.1 Å². The van der Waals surface area contributed by atoms with Crippen molar-refractivity contribution >= 4 is 45.0 Å². The molecule has 154 valence electrons. The van der Waals surface area contributed by atoms with Crippen LogP contribution in [0.25, 0.3) is 0 Å². The lowest BCUT2D eigenvalue weighted by Crippen LogP contribution is -2.48. The standard InChI is InChI=1S/C22H24BrClN2O3/c23-17-5-3-16(4-6-17)22(11-14-29-15-12-22)21(28)25-13-1-2-20(27)26-19-9-7-18(24)8-10-19/h3-10H,1-2,11-15H2,(H,25,28)(H,26,27). The van der Waals surface area contributed by atoms with Crippen LogP contribution in [0, 0.1) is 0 Å². The zero-order valence-electron chi connectivity index (χ0n) is 16.0. The summed E-state index contributed by atoms with van der Waals surface area (Å²) in [7, 11) is 0. The number of carbonyl (C=O) groups is 2. The summed E-state index contributed by atoms with van der Waals surface area (Å²) in [5.74, 6) is -0.0866. The second kappa shape index (κ2) is 10.2. The topological polar surface area (TPSA) is 67.4 Å². The smallest absolute Gasteiger partial charge is 0.230 e. The molecule has 0 atom stereocenters. The number of halogens is 2. The summed E-state index contributed by atoms with van der Waals surface area (Å²) in [4.78, 5) is 25.2. The molecule has 0 unspecified atom stereocenters. The first-order chi connectivity index (χ1) is 14.0. The fourth-order valence-corrected chi connectivity index (χ4v) is 3.90. The first-order valence-electron chi connectivity index (χ1n) is 9.67. The van der Waals surface area contributed by atoms with Crippen molar-refractivity contribution in [3.05, 3.63) is 63.6 Å². The second-order valence-electron chi connectivity index (χ2n) is 7.12. The van der Waals surface area contributed by atoms with E-state index in [1.54, 1.807) is 24.3 Å². The van der Waals surface area contributed by atoms with Gasteiger partial charge in [0.05, 0.1) is 5.41 Å². The van der Waals surface area contributed by atoms with E-state index < -0.39 is 5.41 Å². The van der Waals surface area contributed by atoms with Crippen molar-refractivity contribution in [1.82, 2.24) is 5.32 Å². The number of nitrogens with one attached hydrogen (secondary N) is 2. The van der Waals surface area contributed by atoms with Gasteiger partial charge in [0, 0.05) is 41.4 Å². The second-order valence-corrected chi connectivity index (χ2v) is 8.47. The molecule has 0 aromatic heterocycles. The number of anilines is 1. The van der Waals surface area contributed by atoms with Gasteiger partial charge in [0.1, 0.15) is 0 Å². The third-order valence-corrected chi connectivity index (χ3v) is 5.95. The molecule has 29 heavy (non-hydrogen) atoms. The molecule has 0 spiro atoms. The van der Waals surface area contributed by atoms with E-state index in [4.69, 9.17) is 16.3 Å². The highest BCUT2D eigenvalue weighted by Gasteiger charge is 2.41. The van der Waals surface area contributed by atoms with Gasteiger partial charge in [-0.2, -0.15) is 0 Å². The molecule has 1 aliphatic rings. The van der Waals surface area contributed by atoms with E-state index >= 15 is 0 Å². The summed E-state index contributed by atoms with van der Waals surface area (Å²) < 4.78 is 6.47. The summed E-state index contributed by atoms with van der Waals surface area (Å²) in [6.07, 6.45) is 2.20. The maximum Gasteiger partial charge on any atom is 0.230 e. The zero-order chi connectivity index (χ0) is 20.7.